The standard InChI is InChI=1S/C18H21NO4S/c1-14(24(2,21)22)18(20)19-12-13-23-17-11-7-6-10-16(17)15-8-4-3-5-9-15/h3-11,14H,12-13H2,1-2H3,(H,19,20)/t14-/m1/s1. The van der Waals surface area contributed by atoms with E-state index in [1.54, 1.807) is 0 Å². The van der Waals surface area contributed by atoms with E-state index in [1.165, 1.54) is 6.92 Å². The van der Waals surface area contributed by atoms with Gasteiger partial charge in [0.05, 0.1) is 6.54 Å². The minimum absolute atomic E-state index is 0.238. The highest BCUT2D eigenvalue weighted by Crippen LogP contribution is 2.29. The topological polar surface area (TPSA) is 72.5 Å². The highest BCUT2D eigenvalue weighted by Gasteiger charge is 2.22. The van der Waals surface area contributed by atoms with Gasteiger partial charge >= 0.3 is 0 Å². The molecular formula is C18H21NO4S. The summed E-state index contributed by atoms with van der Waals surface area (Å²) in [6.45, 7) is 1.87. The molecule has 128 valence electrons. The predicted octanol–water partition coefficient (Wildman–Crippen LogP) is 2.28. The van der Waals surface area contributed by atoms with Crippen molar-refractivity contribution < 1.29 is 17.9 Å². The number of hydrogen-bond acceptors (Lipinski definition) is 4. The summed E-state index contributed by atoms with van der Waals surface area (Å²) in [5.41, 5.74) is 2.01. The lowest BCUT2D eigenvalue weighted by Crippen LogP contribution is -2.39. The van der Waals surface area contributed by atoms with Crippen molar-refractivity contribution in [2.75, 3.05) is 19.4 Å². The van der Waals surface area contributed by atoms with Crippen LogP contribution in [0.4, 0.5) is 0 Å². The maximum Gasteiger partial charge on any atom is 0.238 e. The van der Waals surface area contributed by atoms with E-state index in [0.717, 1.165) is 17.4 Å². The van der Waals surface area contributed by atoms with Gasteiger partial charge in [-0.3, -0.25) is 4.79 Å². The van der Waals surface area contributed by atoms with Gasteiger partial charge in [-0.1, -0.05) is 48.5 Å². The minimum Gasteiger partial charge on any atom is -0.491 e. The quantitative estimate of drug-likeness (QED) is 0.780. The van der Waals surface area contributed by atoms with Crippen molar-refractivity contribution >= 4 is 15.7 Å². The smallest absolute Gasteiger partial charge is 0.238 e. The lowest BCUT2D eigenvalue weighted by molar-refractivity contribution is -0.120. The van der Waals surface area contributed by atoms with Crippen molar-refractivity contribution in [1.82, 2.24) is 5.32 Å². The van der Waals surface area contributed by atoms with Crippen LogP contribution in [0, 0.1) is 0 Å². The number of hydrogen-bond donors (Lipinski definition) is 1. The summed E-state index contributed by atoms with van der Waals surface area (Å²) in [6.07, 6.45) is 1.05. The van der Waals surface area contributed by atoms with Gasteiger partial charge in [0.25, 0.3) is 0 Å². The monoisotopic (exact) mass is 347 g/mol. The maximum absolute atomic E-state index is 11.7. The number of para-hydroxylation sites is 1. The number of ether oxygens (including phenoxy) is 1. The van der Waals surface area contributed by atoms with Crippen LogP contribution < -0.4 is 10.1 Å². The van der Waals surface area contributed by atoms with Crippen LogP contribution in [0.1, 0.15) is 6.92 Å². The summed E-state index contributed by atoms with van der Waals surface area (Å²) < 4.78 is 28.4. The van der Waals surface area contributed by atoms with Crippen LogP contribution in [-0.4, -0.2) is 39.0 Å². The van der Waals surface area contributed by atoms with Crippen molar-refractivity contribution in [1.29, 1.82) is 0 Å². The van der Waals surface area contributed by atoms with E-state index in [2.05, 4.69) is 5.32 Å². The molecule has 0 bridgehead atoms. The van der Waals surface area contributed by atoms with E-state index in [0.29, 0.717) is 5.75 Å². The van der Waals surface area contributed by atoms with Gasteiger partial charge in [0.1, 0.15) is 17.6 Å². The summed E-state index contributed by atoms with van der Waals surface area (Å²) in [6, 6.07) is 17.5. The van der Waals surface area contributed by atoms with Crippen LogP contribution in [0.25, 0.3) is 11.1 Å². The van der Waals surface area contributed by atoms with Crippen molar-refractivity contribution in [2.24, 2.45) is 0 Å². The summed E-state index contributed by atoms with van der Waals surface area (Å²) in [5, 5.41) is 1.51. The average Bonchev–Trinajstić information content (AvgIpc) is 2.58. The molecule has 0 aliphatic heterocycles. The van der Waals surface area contributed by atoms with Crippen molar-refractivity contribution in [3.05, 3.63) is 54.6 Å². The molecule has 0 fully saturated rings. The van der Waals surface area contributed by atoms with Gasteiger partial charge in [-0.15, -0.1) is 0 Å². The molecule has 0 radical (unpaired) electrons. The molecule has 0 aliphatic rings. The highest BCUT2D eigenvalue weighted by atomic mass is 32.2. The molecule has 1 N–H and O–H groups in total. The number of rotatable bonds is 7. The molecule has 0 heterocycles. The van der Waals surface area contributed by atoms with E-state index in [-0.39, 0.29) is 13.2 Å². The lowest BCUT2D eigenvalue weighted by atomic mass is 10.1. The second-order valence-electron chi connectivity index (χ2n) is 5.47. The summed E-state index contributed by atoms with van der Waals surface area (Å²) >= 11 is 0. The Balaban J connectivity index is 1.93. The van der Waals surface area contributed by atoms with Gasteiger partial charge < -0.3 is 10.1 Å². The van der Waals surface area contributed by atoms with Crippen LogP contribution in [0.5, 0.6) is 5.75 Å². The number of benzene rings is 2. The van der Waals surface area contributed by atoms with Crippen molar-refractivity contribution in [3.63, 3.8) is 0 Å². The molecule has 0 saturated carbocycles. The molecule has 0 saturated heterocycles. The Labute approximate surface area is 142 Å². The van der Waals surface area contributed by atoms with Crippen LogP contribution in [-0.2, 0) is 14.6 Å². The number of carbonyl (C=O) groups is 1. The Morgan fingerprint density at radius 3 is 2.38 bits per heavy atom. The van der Waals surface area contributed by atoms with E-state index < -0.39 is 21.0 Å². The fraction of sp³-hybridized carbons (Fsp3) is 0.278. The Morgan fingerprint density at radius 1 is 1.08 bits per heavy atom. The molecule has 6 heteroatoms. The molecular weight excluding hydrogens is 326 g/mol. The van der Waals surface area contributed by atoms with Gasteiger partial charge in [-0.2, -0.15) is 0 Å². The minimum atomic E-state index is -3.39. The third kappa shape index (κ3) is 4.83. The van der Waals surface area contributed by atoms with Crippen molar-refractivity contribution in [3.8, 4) is 16.9 Å². The Morgan fingerprint density at radius 2 is 1.71 bits per heavy atom. The van der Waals surface area contributed by atoms with Gasteiger partial charge in [0.15, 0.2) is 9.84 Å². The van der Waals surface area contributed by atoms with Crippen LogP contribution in [0.15, 0.2) is 54.6 Å². The zero-order chi connectivity index (χ0) is 17.6. The third-order valence-corrected chi connectivity index (χ3v) is 5.14. The van der Waals surface area contributed by atoms with Gasteiger partial charge in [0.2, 0.25) is 5.91 Å². The number of amides is 1. The van der Waals surface area contributed by atoms with E-state index >= 15 is 0 Å². The fourth-order valence-electron chi connectivity index (χ4n) is 2.12. The Kier molecular flexibility index (Phi) is 5.98. The molecule has 5 nitrogen and oxygen atoms in total. The maximum atomic E-state index is 11.7. The highest BCUT2D eigenvalue weighted by molar-refractivity contribution is 7.92. The average molecular weight is 347 g/mol. The van der Waals surface area contributed by atoms with Crippen LogP contribution in [0.2, 0.25) is 0 Å². The molecule has 0 unspecified atom stereocenters. The number of sulfone groups is 1. The first-order chi connectivity index (χ1) is 11.4. The number of carbonyl (C=O) groups excluding carboxylic acids is 1. The van der Waals surface area contributed by atoms with Gasteiger partial charge in [-0.25, -0.2) is 8.42 Å². The second kappa shape index (κ2) is 7.97. The van der Waals surface area contributed by atoms with E-state index in [4.69, 9.17) is 4.74 Å². The lowest BCUT2D eigenvalue weighted by Gasteiger charge is -2.13. The SMILES string of the molecule is C[C@H](C(=O)NCCOc1ccccc1-c1ccccc1)S(C)(=O)=O. The first kappa shape index (κ1) is 18.0. The molecule has 1 amide bonds. The summed E-state index contributed by atoms with van der Waals surface area (Å²) in [7, 11) is -3.39. The molecule has 2 aromatic carbocycles. The van der Waals surface area contributed by atoms with Gasteiger partial charge in [0, 0.05) is 11.8 Å². The van der Waals surface area contributed by atoms with Crippen molar-refractivity contribution in [2.45, 2.75) is 12.2 Å². The van der Waals surface area contributed by atoms with Crippen LogP contribution >= 0.6 is 0 Å². The molecule has 0 aromatic heterocycles. The molecule has 0 aliphatic carbocycles. The first-order valence-corrected chi connectivity index (χ1v) is 9.59. The first-order valence-electron chi connectivity index (χ1n) is 7.63. The zero-order valence-electron chi connectivity index (χ0n) is 13.7. The predicted molar refractivity (Wildman–Crippen MR) is 94.7 cm³/mol. The normalized spacial score (nSPS) is 12.4. The molecule has 24 heavy (non-hydrogen) atoms. The zero-order valence-corrected chi connectivity index (χ0v) is 14.5. The second-order valence-corrected chi connectivity index (χ2v) is 7.84. The van der Waals surface area contributed by atoms with Gasteiger partial charge in [-0.05, 0) is 18.6 Å². The summed E-state index contributed by atoms with van der Waals surface area (Å²) in [5.74, 6) is 0.201. The third-order valence-electron chi connectivity index (χ3n) is 3.64. The molecule has 2 aromatic rings. The largest absolute Gasteiger partial charge is 0.491 e. The molecule has 2 rings (SSSR count). The fourth-order valence-corrected chi connectivity index (χ4v) is 2.59. The summed E-state index contributed by atoms with van der Waals surface area (Å²) in [4.78, 5) is 11.7. The van der Waals surface area contributed by atoms with E-state index in [9.17, 15) is 13.2 Å². The van der Waals surface area contributed by atoms with Crippen LogP contribution in [0.3, 0.4) is 0 Å². The molecule has 1 atom stereocenters. The van der Waals surface area contributed by atoms with E-state index in [1.807, 2.05) is 54.6 Å². The number of nitrogens with one attached hydrogen (secondary N) is 1. The molecule has 0 spiro atoms. The Bertz CT molecular complexity index is 788. The Hall–Kier alpha value is -2.34.